The third-order valence-electron chi connectivity index (χ3n) is 3.76. The van der Waals surface area contributed by atoms with Crippen molar-refractivity contribution in [3.05, 3.63) is 59.3 Å². The van der Waals surface area contributed by atoms with E-state index in [-0.39, 0.29) is 0 Å². The van der Waals surface area contributed by atoms with Crippen LogP contribution in [0.1, 0.15) is 33.2 Å². The van der Waals surface area contributed by atoms with Crippen LogP contribution in [0.2, 0.25) is 0 Å². The average Bonchev–Trinajstić information content (AvgIpc) is 2.79. The Morgan fingerprint density at radius 2 is 1.74 bits per heavy atom. The second-order valence-electron chi connectivity index (χ2n) is 5.41. The molecule has 0 bridgehead atoms. The topological polar surface area (TPSA) is 79.4 Å². The number of nitrogens with zero attached hydrogens (tertiary/aromatic N) is 2. The van der Waals surface area contributed by atoms with E-state index in [4.69, 9.17) is 0 Å². The van der Waals surface area contributed by atoms with Crippen LogP contribution in [0.15, 0.2) is 42.6 Å². The van der Waals surface area contributed by atoms with Crippen molar-refractivity contribution in [1.29, 1.82) is 0 Å². The van der Waals surface area contributed by atoms with Crippen LogP contribution >= 0.6 is 0 Å². The standard InChI is InChI=1S/C17H15N3O3/c1-10-7-8-18-14(9-10)19-15(21)11(2)20-16(22)12-5-3-4-6-13(12)17(20)23/h3-9,11H,1-2H3,(H,18,19,21)/t11-/m1/s1. The molecule has 1 aliphatic rings. The maximum Gasteiger partial charge on any atom is 0.262 e. The minimum Gasteiger partial charge on any atom is -0.309 e. The summed E-state index contributed by atoms with van der Waals surface area (Å²) in [6.07, 6.45) is 1.58. The smallest absolute Gasteiger partial charge is 0.262 e. The van der Waals surface area contributed by atoms with Gasteiger partial charge in [0.25, 0.3) is 11.8 Å². The molecule has 6 nitrogen and oxygen atoms in total. The van der Waals surface area contributed by atoms with E-state index in [0.29, 0.717) is 16.9 Å². The van der Waals surface area contributed by atoms with Crippen molar-refractivity contribution in [3.63, 3.8) is 0 Å². The Kier molecular flexibility index (Phi) is 3.65. The molecule has 0 radical (unpaired) electrons. The number of hydrogen-bond acceptors (Lipinski definition) is 4. The molecular weight excluding hydrogens is 294 g/mol. The first-order valence-corrected chi connectivity index (χ1v) is 7.19. The monoisotopic (exact) mass is 309 g/mol. The largest absolute Gasteiger partial charge is 0.309 e. The second-order valence-corrected chi connectivity index (χ2v) is 5.41. The van der Waals surface area contributed by atoms with Crippen molar-refractivity contribution in [3.8, 4) is 0 Å². The zero-order valence-corrected chi connectivity index (χ0v) is 12.7. The van der Waals surface area contributed by atoms with Crippen LogP contribution in [-0.2, 0) is 4.79 Å². The van der Waals surface area contributed by atoms with E-state index in [0.717, 1.165) is 10.5 Å². The Morgan fingerprint density at radius 1 is 1.13 bits per heavy atom. The number of benzene rings is 1. The highest BCUT2D eigenvalue weighted by molar-refractivity contribution is 6.23. The van der Waals surface area contributed by atoms with Crippen LogP contribution in [0.5, 0.6) is 0 Å². The summed E-state index contributed by atoms with van der Waals surface area (Å²) in [5, 5.41) is 2.63. The average molecular weight is 309 g/mol. The third kappa shape index (κ3) is 2.59. The number of rotatable bonds is 3. The van der Waals surface area contributed by atoms with Crippen LogP contribution in [0.4, 0.5) is 5.82 Å². The van der Waals surface area contributed by atoms with Crippen molar-refractivity contribution < 1.29 is 14.4 Å². The van der Waals surface area contributed by atoms with Gasteiger partial charge < -0.3 is 5.32 Å². The molecule has 1 N–H and O–H groups in total. The molecule has 0 fully saturated rings. The van der Waals surface area contributed by atoms with Crippen LogP contribution in [-0.4, -0.2) is 33.6 Å². The molecule has 6 heteroatoms. The van der Waals surface area contributed by atoms with E-state index < -0.39 is 23.8 Å². The lowest BCUT2D eigenvalue weighted by molar-refractivity contribution is -0.119. The van der Waals surface area contributed by atoms with Crippen molar-refractivity contribution in [2.24, 2.45) is 0 Å². The molecule has 1 aliphatic heterocycles. The number of anilines is 1. The van der Waals surface area contributed by atoms with Gasteiger partial charge in [0.15, 0.2) is 0 Å². The zero-order chi connectivity index (χ0) is 16.6. The fourth-order valence-corrected chi connectivity index (χ4v) is 2.51. The number of carbonyl (C=O) groups is 3. The molecule has 0 saturated heterocycles. The lowest BCUT2D eigenvalue weighted by atomic mass is 10.1. The molecule has 0 aliphatic carbocycles. The van der Waals surface area contributed by atoms with E-state index in [2.05, 4.69) is 10.3 Å². The van der Waals surface area contributed by atoms with Crippen molar-refractivity contribution in [2.75, 3.05) is 5.32 Å². The molecular formula is C17H15N3O3. The summed E-state index contributed by atoms with van der Waals surface area (Å²) >= 11 is 0. The van der Waals surface area contributed by atoms with E-state index in [1.165, 1.54) is 6.92 Å². The minimum absolute atomic E-state index is 0.325. The number of aryl methyl sites for hydroxylation is 1. The van der Waals surface area contributed by atoms with Crippen molar-refractivity contribution in [1.82, 2.24) is 9.88 Å². The molecule has 3 rings (SSSR count). The number of pyridine rings is 1. The summed E-state index contributed by atoms with van der Waals surface area (Å²) in [6, 6.07) is 9.15. The first-order chi connectivity index (χ1) is 11.0. The fourth-order valence-electron chi connectivity index (χ4n) is 2.51. The van der Waals surface area contributed by atoms with Gasteiger partial charge in [0.1, 0.15) is 11.9 Å². The number of fused-ring (bicyclic) bond motifs is 1. The summed E-state index contributed by atoms with van der Waals surface area (Å²) in [5.41, 5.74) is 1.60. The number of amides is 3. The molecule has 1 aromatic carbocycles. The Bertz CT molecular complexity index is 781. The van der Waals surface area contributed by atoms with Gasteiger partial charge in [-0.3, -0.25) is 19.3 Å². The minimum atomic E-state index is -0.926. The third-order valence-corrected chi connectivity index (χ3v) is 3.76. The maximum atomic E-state index is 12.4. The highest BCUT2D eigenvalue weighted by Gasteiger charge is 2.40. The summed E-state index contributed by atoms with van der Waals surface area (Å²) in [5.74, 6) is -0.980. The zero-order valence-electron chi connectivity index (χ0n) is 12.7. The Hall–Kier alpha value is -3.02. The van der Waals surface area contributed by atoms with Gasteiger partial charge in [-0.05, 0) is 43.7 Å². The fraction of sp³-hybridized carbons (Fsp3) is 0.176. The second kappa shape index (κ2) is 5.64. The van der Waals surface area contributed by atoms with E-state index >= 15 is 0 Å². The first kappa shape index (κ1) is 14.9. The Balaban J connectivity index is 1.81. The molecule has 3 amide bonds. The highest BCUT2D eigenvalue weighted by atomic mass is 16.2. The summed E-state index contributed by atoms with van der Waals surface area (Å²) in [6.45, 7) is 3.40. The number of aromatic nitrogens is 1. The predicted molar refractivity (Wildman–Crippen MR) is 84.0 cm³/mol. The van der Waals surface area contributed by atoms with Crippen LogP contribution < -0.4 is 5.32 Å². The lowest BCUT2D eigenvalue weighted by Crippen LogP contribution is -2.45. The van der Waals surface area contributed by atoms with Gasteiger partial charge in [0.2, 0.25) is 5.91 Å². The van der Waals surface area contributed by atoms with E-state index in [1.807, 2.05) is 13.0 Å². The van der Waals surface area contributed by atoms with Crippen LogP contribution in [0.3, 0.4) is 0 Å². The van der Waals surface area contributed by atoms with Gasteiger partial charge in [-0.15, -0.1) is 0 Å². The molecule has 0 saturated carbocycles. The predicted octanol–water partition coefficient (Wildman–Crippen LogP) is 2.01. The van der Waals surface area contributed by atoms with E-state index in [1.54, 1.807) is 36.5 Å². The Morgan fingerprint density at radius 3 is 2.30 bits per heavy atom. The molecule has 0 spiro atoms. The summed E-state index contributed by atoms with van der Waals surface area (Å²) in [7, 11) is 0. The molecule has 116 valence electrons. The molecule has 23 heavy (non-hydrogen) atoms. The lowest BCUT2D eigenvalue weighted by Gasteiger charge is -2.21. The van der Waals surface area contributed by atoms with Gasteiger partial charge in [-0.25, -0.2) is 4.98 Å². The van der Waals surface area contributed by atoms with Gasteiger partial charge in [0, 0.05) is 6.20 Å². The van der Waals surface area contributed by atoms with E-state index in [9.17, 15) is 14.4 Å². The van der Waals surface area contributed by atoms with Gasteiger partial charge in [-0.1, -0.05) is 12.1 Å². The number of hydrogen-bond donors (Lipinski definition) is 1. The first-order valence-electron chi connectivity index (χ1n) is 7.19. The van der Waals surface area contributed by atoms with Gasteiger partial charge in [0.05, 0.1) is 11.1 Å². The van der Waals surface area contributed by atoms with Crippen molar-refractivity contribution in [2.45, 2.75) is 19.9 Å². The van der Waals surface area contributed by atoms with Gasteiger partial charge >= 0.3 is 0 Å². The normalized spacial score (nSPS) is 14.6. The number of nitrogens with one attached hydrogen (secondary N) is 1. The molecule has 2 aromatic rings. The maximum absolute atomic E-state index is 12.4. The summed E-state index contributed by atoms with van der Waals surface area (Å²) < 4.78 is 0. The van der Waals surface area contributed by atoms with Crippen LogP contribution in [0, 0.1) is 6.92 Å². The number of imide groups is 1. The number of carbonyl (C=O) groups excluding carboxylic acids is 3. The van der Waals surface area contributed by atoms with Crippen LogP contribution in [0.25, 0.3) is 0 Å². The molecule has 1 atom stereocenters. The molecule has 1 aromatic heterocycles. The summed E-state index contributed by atoms with van der Waals surface area (Å²) in [4.78, 5) is 42.1. The molecule has 0 unspecified atom stereocenters. The highest BCUT2D eigenvalue weighted by Crippen LogP contribution is 2.24. The SMILES string of the molecule is Cc1ccnc(NC(=O)[C@@H](C)N2C(=O)c3ccccc3C2=O)c1. The van der Waals surface area contributed by atoms with Crippen molar-refractivity contribution >= 4 is 23.5 Å². The van der Waals surface area contributed by atoms with Gasteiger partial charge in [-0.2, -0.15) is 0 Å². The molecule has 2 heterocycles. The quantitative estimate of drug-likeness (QED) is 0.880. The Labute approximate surface area is 133 Å².